The Hall–Kier alpha value is -1.98. The van der Waals surface area contributed by atoms with Crippen molar-refractivity contribution in [3.63, 3.8) is 0 Å². The van der Waals surface area contributed by atoms with E-state index in [4.69, 9.17) is 5.73 Å². The van der Waals surface area contributed by atoms with Gasteiger partial charge in [-0.2, -0.15) is 13.2 Å². The highest BCUT2D eigenvalue weighted by atomic mass is 19.4. The van der Waals surface area contributed by atoms with Crippen molar-refractivity contribution in [2.75, 3.05) is 17.6 Å². The zero-order chi connectivity index (χ0) is 12.5. The third-order valence-electron chi connectivity index (χ3n) is 2.34. The van der Waals surface area contributed by atoms with Crippen LogP contribution in [-0.4, -0.2) is 17.7 Å². The number of nitrogens with zero attached hydrogens (tertiary/aromatic N) is 1. The van der Waals surface area contributed by atoms with E-state index in [9.17, 15) is 13.2 Å². The van der Waals surface area contributed by atoms with Gasteiger partial charge in [0.05, 0.1) is 11.4 Å². The first kappa shape index (κ1) is 11.5. The van der Waals surface area contributed by atoms with Crippen molar-refractivity contribution in [3.05, 3.63) is 30.6 Å². The normalized spacial score (nSPS) is 11.7. The highest BCUT2D eigenvalue weighted by Gasteiger charge is 2.26. The van der Waals surface area contributed by atoms with Crippen LogP contribution in [0.4, 0.5) is 24.5 Å². The predicted molar refractivity (Wildman–Crippen MR) is 60.7 cm³/mol. The molecular weight excluding hydrogens is 231 g/mol. The topological polar surface area (TPSA) is 50.9 Å². The molecule has 0 aliphatic heterocycles. The number of nitrogens with two attached hydrogens (primary N) is 1. The van der Waals surface area contributed by atoms with Crippen LogP contribution in [0.3, 0.4) is 0 Å². The van der Waals surface area contributed by atoms with E-state index in [2.05, 4.69) is 10.3 Å². The molecule has 0 amide bonds. The van der Waals surface area contributed by atoms with Gasteiger partial charge in [0.15, 0.2) is 0 Å². The third-order valence-corrected chi connectivity index (χ3v) is 2.34. The molecule has 6 heteroatoms. The summed E-state index contributed by atoms with van der Waals surface area (Å²) in [7, 11) is 0. The maximum absolute atomic E-state index is 12.1. The molecule has 2 rings (SSSR count). The number of hydrogen-bond acceptors (Lipinski definition) is 3. The molecule has 0 aliphatic rings. The Morgan fingerprint density at radius 2 is 2.00 bits per heavy atom. The SMILES string of the molecule is Nc1c(NCC(F)(F)F)ccc2cnccc12. The summed E-state index contributed by atoms with van der Waals surface area (Å²) in [6.07, 6.45) is -1.11. The molecule has 0 atom stereocenters. The number of halogens is 3. The number of benzene rings is 1. The molecule has 2 aromatic rings. The number of pyridine rings is 1. The Morgan fingerprint density at radius 3 is 2.71 bits per heavy atom. The van der Waals surface area contributed by atoms with Gasteiger partial charge in [-0.1, -0.05) is 6.07 Å². The molecule has 0 saturated heterocycles. The van der Waals surface area contributed by atoms with E-state index in [1.807, 2.05) is 0 Å². The minimum absolute atomic E-state index is 0.279. The number of nitrogens with one attached hydrogen (secondary N) is 1. The van der Waals surface area contributed by atoms with Gasteiger partial charge in [0.1, 0.15) is 6.54 Å². The van der Waals surface area contributed by atoms with Gasteiger partial charge in [-0.3, -0.25) is 4.98 Å². The molecule has 0 aliphatic carbocycles. The van der Waals surface area contributed by atoms with E-state index in [0.717, 1.165) is 5.39 Å². The number of hydrogen-bond donors (Lipinski definition) is 2. The number of nitrogen functional groups attached to an aromatic ring is 1. The lowest BCUT2D eigenvalue weighted by Crippen LogP contribution is -2.21. The minimum Gasteiger partial charge on any atom is -0.397 e. The van der Waals surface area contributed by atoms with Crippen LogP contribution >= 0.6 is 0 Å². The van der Waals surface area contributed by atoms with Crippen LogP contribution in [0.1, 0.15) is 0 Å². The molecule has 1 aromatic heterocycles. The van der Waals surface area contributed by atoms with Gasteiger partial charge >= 0.3 is 6.18 Å². The van der Waals surface area contributed by atoms with Crippen LogP contribution < -0.4 is 11.1 Å². The lowest BCUT2D eigenvalue weighted by molar-refractivity contribution is -0.115. The summed E-state index contributed by atoms with van der Waals surface area (Å²) in [6.45, 7) is -1.10. The largest absolute Gasteiger partial charge is 0.405 e. The predicted octanol–water partition coefficient (Wildman–Crippen LogP) is 2.79. The first-order valence-corrected chi connectivity index (χ1v) is 4.90. The van der Waals surface area contributed by atoms with Crippen LogP contribution in [0.25, 0.3) is 10.8 Å². The van der Waals surface area contributed by atoms with Crippen molar-refractivity contribution in [1.82, 2.24) is 4.98 Å². The van der Waals surface area contributed by atoms with Crippen molar-refractivity contribution in [3.8, 4) is 0 Å². The van der Waals surface area contributed by atoms with Gasteiger partial charge in [-0.25, -0.2) is 0 Å². The Labute approximate surface area is 95.4 Å². The van der Waals surface area contributed by atoms with E-state index in [-0.39, 0.29) is 5.69 Å². The summed E-state index contributed by atoms with van der Waals surface area (Å²) in [5.41, 5.74) is 6.37. The van der Waals surface area contributed by atoms with Gasteiger partial charge in [0, 0.05) is 23.2 Å². The third kappa shape index (κ3) is 2.58. The molecule has 0 bridgehead atoms. The minimum atomic E-state index is -4.26. The van der Waals surface area contributed by atoms with Crippen molar-refractivity contribution in [2.24, 2.45) is 0 Å². The number of anilines is 2. The van der Waals surface area contributed by atoms with Gasteiger partial charge in [-0.15, -0.1) is 0 Å². The van der Waals surface area contributed by atoms with Gasteiger partial charge in [-0.05, 0) is 12.1 Å². The molecule has 1 heterocycles. The molecule has 3 nitrogen and oxygen atoms in total. The van der Waals surface area contributed by atoms with Crippen molar-refractivity contribution in [1.29, 1.82) is 0 Å². The summed E-state index contributed by atoms with van der Waals surface area (Å²) in [4.78, 5) is 3.91. The fraction of sp³-hybridized carbons (Fsp3) is 0.182. The summed E-state index contributed by atoms with van der Waals surface area (Å²) in [5, 5.41) is 3.76. The average Bonchev–Trinajstić information content (AvgIpc) is 2.27. The Morgan fingerprint density at radius 1 is 1.24 bits per heavy atom. The van der Waals surface area contributed by atoms with Crippen LogP contribution in [-0.2, 0) is 0 Å². The molecule has 0 saturated carbocycles. The molecule has 0 radical (unpaired) electrons. The summed E-state index contributed by atoms with van der Waals surface area (Å²) >= 11 is 0. The maximum Gasteiger partial charge on any atom is 0.405 e. The first-order chi connectivity index (χ1) is 7.97. The average molecular weight is 241 g/mol. The van der Waals surface area contributed by atoms with Crippen LogP contribution in [0.2, 0.25) is 0 Å². The monoisotopic (exact) mass is 241 g/mol. The molecule has 1 aromatic carbocycles. The zero-order valence-corrected chi connectivity index (χ0v) is 8.75. The Balaban J connectivity index is 2.33. The molecular formula is C11H10F3N3. The van der Waals surface area contributed by atoms with Crippen molar-refractivity contribution in [2.45, 2.75) is 6.18 Å². The van der Waals surface area contributed by atoms with Crippen molar-refractivity contribution < 1.29 is 13.2 Å². The van der Waals surface area contributed by atoms with E-state index in [1.165, 1.54) is 6.07 Å². The van der Waals surface area contributed by atoms with E-state index in [0.29, 0.717) is 11.1 Å². The standard InChI is InChI=1S/C11H10F3N3/c12-11(13,14)6-17-9-2-1-7-5-16-4-3-8(7)10(9)15/h1-5,17H,6,15H2. The second-order valence-electron chi connectivity index (χ2n) is 3.59. The van der Waals surface area contributed by atoms with Crippen molar-refractivity contribution >= 4 is 22.1 Å². The Bertz CT molecular complexity index is 537. The van der Waals surface area contributed by atoms with E-state index in [1.54, 1.807) is 24.5 Å². The summed E-state index contributed by atoms with van der Waals surface area (Å²) in [5.74, 6) is 0. The molecule has 90 valence electrons. The molecule has 17 heavy (non-hydrogen) atoms. The summed E-state index contributed by atoms with van der Waals surface area (Å²) in [6, 6.07) is 4.87. The lowest BCUT2D eigenvalue weighted by Gasteiger charge is -2.13. The zero-order valence-electron chi connectivity index (χ0n) is 8.75. The fourth-order valence-corrected chi connectivity index (χ4v) is 1.54. The molecule has 0 unspecified atom stereocenters. The van der Waals surface area contributed by atoms with Crippen LogP contribution in [0, 0.1) is 0 Å². The van der Waals surface area contributed by atoms with E-state index < -0.39 is 12.7 Å². The van der Waals surface area contributed by atoms with Gasteiger partial charge in [0.25, 0.3) is 0 Å². The number of aromatic nitrogens is 1. The first-order valence-electron chi connectivity index (χ1n) is 4.90. The lowest BCUT2D eigenvalue weighted by atomic mass is 10.1. The summed E-state index contributed by atoms with van der Waals surface area (Å²) < 4.78 is 36.2. The quantitative estimate of drug-likeness (QED) is 0.795. The molecule has 0 spiro atoms. The molecule has 0 fully saturated rings. The highest BCUT2D eigenvalue weighted by Crippen LogP contribution is 2.28. The number of rotatable bonds is 2. The van der Waals surface area contributed by atoms with Crippen LogP contribution in [0.5, 0.6) is 0 Å². The van der Waals surface area contributed by atoms with Gasteiger partial charge < -0.3 is 11.1 Å². The fourth-order valence-electron chi connectivity index (χ4n) is 1.54. The second-order valence-corrected chi connectivity index (χ2v) is 3.59. The second kappa shape index (κ2) is 4.12. The van der Waals surface area contributed by atoms with Crippen LogP contribution in [0.15, 0.2) is 30.6 Å². The smallest absolute Gasteiger partial charge is 0.397 e. The molecule has 3 N–H and O–H groups in total. The number of alkyl halides is 3. The maximum atomic E-state index is 12.1. The number of fused-ring (bicyclic) bond motifs is 1. The van der Waals surface area contributed by atoms with E-state index >= 15 is 0 Å². The van der Waals surface area contributed by atoms with Gasteiger partial charge in [0.2, 0.25) is 0 Å². The highest BCUT2D eigenvalue weighted by molar-refractivity contribution is 5.98. The Kier molecular flexibility index (Phi) is 2.79.